The monoisotopic (exact) mass is 403 g/mol. The van der Waals surface area contributed by atoms with Crippen LogP contribution in [0.1, 0.15) is 30.5 Å². The molecule has 0 aromatic heterocycles. The van der Waals surface area contributed by atoms with E-state index in [0.717, 1.165) is 11.1 Å². The van der Waals surface area contributed by atoms with E-state index in [-0.39, 0.29) is 10.7 Å². The van der Waals surface area contributed by atoms with Gasteiger partial charge in [-0.3, -0.25) is 4.79 Å². The molecule has 0 aliphatic heterocycles. The van der Waals surface area contributed by atoms with E-state index >= 15 is 0 Å². The van der Waals surface area contributed by atoms with E-state index in [1.54, 1.807) is 12.1 Å². The summed E-state index contributed by atoms with van der Waals surface area (Å²) in [5.41, 5.74) is 2.31. The van der Waals surface area contributed by atoms with Gasteiger partial charge in [0.2, 0.25) is 5.91 Å². The van der Waals surface area contributed by atoms with Crippen molar-refractivity contribution in [3.63, 3.8) is 0 Å². The predicted octanol–water partition coefficient (Wildman–Crippen LogP) is 4.19. The second-order valence-corrected chi connectivity index (χ2v) is 6.43. The average molecular weight is 404 g/mol. The summed E-state index contributed by atoms with van der Waals surface area (Å²) in [6, 6.07) is 11.0. The highest BCUT2D eigenvalue weighted by molar-refractivity contribution is 6.32. The van der Waals surface area contributed by atoms with Crippen LogP contribution in [0, 0.1) is 6.92 Å². The van der Waals surface area contributed by atoms with Crippen LogP contribution >= 0.6 is 11.6 Å². The number of carboxylic acids is 1. The first-order chi connectivity index (χ1) is 13.3. The van der Waals surface area contributed by atoms with Gasteiger partial charge in [-0.1, -0.05) is 35.9 Å². The number of hydrogen-bond acceptors (Lipinski definition) is 4. The Morgan fingerprint density at radius 2 is 1.93 bits per heavy atom. The SMILES string of the molecule is CCOc1cc(C=C(NC(C)=O)C(=O)O)cc(Cl)c1OCc1ccccc1C. The van der Waals surface area contributed by atoms with Gasteiger partial charge in [-0.2, -0.15) is 0 Å². The lowest BCUT2D eigenvalue weighted by Gasteiger charge is -2.15. The zero-order valence-electron chi connectivity index (χ0n) is 15.9. The van der Waals surface area contributed by atoms with Crippen molar-refractivity contribution in [1.82, 2.24) is 5.32 Å². The van der Waals surface area contributed by atoms with Gasteiger partial charge in [0.1, 0.15) is 12.3 Å². The summed E-state index contributed by atoms with van der Waals surface area (Å²) in [5, 5.41) is 11.8. The average Bonchev–Trinajstić information content (AvgIpc) is 2.61. The normalized spacial score (nSPS) is 11.1. The Bertz CT molecular complexity index is 908. The lowest BCUT2D eigenvalue weighted by atomic mass is 10.1. The summed E-state index contributed by atoms with van der Waals surface area (Å²) in [7, 11) is 0. The number of carbonyl (C=O) groups excluding carboxylic acids is 1. The van der Waals surface area contributed by atoms with Gasteiger partial charge in [0.25, 0.3) is 0 Å². The van der Waals surface area contributed by atoms with Crippen molar-refractivity contribution in [2.24, 2.45) is 0 Å². The molecular weight excluding hydrogens is 382 g/mol. The Kier molecular flexibility index (Phi) is 7.46. The predicted molar refractivity (Wildman–Crippen MR) is 108 cm³/mol. The van der Waals surface area contributed by atoms with Crippen molar-refractivity contribution in [1.29, 1.82) is 0 Å². The largest absolute Gasteiger partial charge is 0.490 e. The molecule has 2 aromatic carbocycles. The van der Waals surface area contributed by atoms with Crippen LogP contribution in [0.5, 0.6) is 11.5 Å². The van der Waals surface area contributed by atoms with Crippen molar-refractivity contribution in [2.75, 3.05) is 6.61 Å². The van der Waals surface area contributed by atoms with E-state index in [0.29, 0.717) is 30.3 Å². The molecule has 0 unspecified atom stereocenters. The van der Waals surface area contributed by atoms with Crippen LogP contribution in [0.4, 0.5) is 0 Å². The first-order valence-corrected chi connectivity index (χ1v) is 9.05. The van der Waals surface area contributed by atoms with Crippen LogP contribution in [-0.2, 0) is 16.2 Å². The molecule has 0 fully saturated rings. The maximum absolute atomic E-state index is 11.3. The number of ether oxygens (including phenoxy) is 2. The maximum Gasteiger partial charge on any atom is 0.352 e. The molecule has 7 heteroatoms. The van der Waals surface area contributed by atoms with Gasteiger partial charge < -0.3 is 19.9 Å². The van der Waals surface area contributed by atoms with Crippen LogP contribution in [0.25, 0.3) is 6.08 Å². The molecule has 6 nitrogen and oxygen atoms in total. The van der Waals surface area contributed by atoms with E-state index < -0.39 is 11.9 Å². The smallest absolute Gasteiger partial charge is 0.352 e. The molecule has 1 amide bonds. The minimum Gasteiger partial charge on any atom is -0.490 e. The molecule has 0 heterocycles. The zero-order valence-corrected chi connectivity index (χ0v) is 16.7. The van der Waals surface area contributed by atoms with Crippen molar-refractivity contribution in [3.05, 3.63) is 63.8 Å². The van der Waals surface area contributed by atoms with Gasteiger partial charge in [0.15, 0.2) is 11.5 Å². The molecule has 0 radical (unpaired) electrons. The van der Waals surface area contributed by atoms with E-state index in [2.05, 4.69) is 5.32 Å². The van der Waals surface area contributed by atoms with Crippen molar-refractivity contribution < 1.29 is 24.2 Å². The Labute approximate surface area is 168 Å². The number of carbonyl (C=O) groups is 2. The first kappa shape index (κ1) is 21.3. The summed E-state index contributed by atoms with van der Waals surface area (Å²) in [6.07, 6.45) is 1.31. The lowest BCUT2D eigenvalue weighted by molar-refractivity contribution is -0.134. The summed E-state index contributed by atoms with van der Waals surface area (Å²) in [5.74, 6) is -0.977. The quantitative estimate of drug-likeness (QED) is 0.645. The number of hydrogen-bond donors (Lipinski definition) is 2. The molecule has 2 aromatic rings. The summed E-state index contributed by atoms with van der Waals surface area (Å²) in [6.45, 7) is 5.74. The number of halogens is 1. The van der Waals surface area contributed by atoms with Gasteiger partial charge in [-0.05, 0) is 48.7 Å². The minimum absolute atomic E-state index is 0.264. The number of amides is 1. The standard InChI is InChI=1S/C21H22ClNO5/c1-4-27-19-11-15(10-18(21(25)26)23-14(3)24)9-17(22)20(19)28-12-16-8-6-5-7-13(16)2/h5-11H,4,12H2,1-3H3,(H,23,24)(H,25,26). The fraction of sp³-hybridized carbons (Fsp3) is 0.238. The summed E-state index contributed by atoms with van der Waals surface area (Å²) >= 11 is 6.38. The van der Waals surface area contributed by atoms with E-state index in [1.165, 1.54) is 13.0 Å². The number of benzene rings is 2. The first-order valence-electron chi connectivity index (χ1n) is 8.68. The Morgan fingerprint density at radius 1 is 1.21 bits per heavy atom. The number of carboxylic acid groups (broad SMARTS) is 1. The van der Waals surface area contributed by atoms with E-state index in [1.807, 2.05) is 38.1 Å². The van der Waals surface area contributed by atoms with Crippen LogP contribution in [-0.4, -0.2) is 23.6 Å². The van der Waals surface area contributed by atoms with Crippen molar-refractivity contribution in [2.45, 2.75) is 27.4 Å². The van der Waals surface area contributed by atoms with Crippen LogP contribution in [0.15, 0.2) is 42.1 Å². The molecule has 0 bridgehead atoms. The molecule has 0 saturated heterocycles. The maximum atomic E-state index is 11.3. The fourth-order valence-electron chi connectivity index (χ4n) is 2.50. The topological polar surface area (TPSA) is 84.9 Å². The minimum atomic E-state index is -1.26. The third-order valence-corrected chi connectivity index (χ3v) is 4.10. The van der Waals surface area contributed by atoms with Gasteiger partial charge in [0.05, 0.1) is 11.6 Å². The highest BCUT2D eigenvalue weighted by Crippen LogP contribution is 2.38. The highest BCUT2D eigenvalue weighted by atomic mass is 35.5. The van der Waals surface area contributed by atoms with Gasteiger partial charge >= 0.3 is 5.97 Å². The molecule has 28 heavy (non-hydrogen) atoms. The van der Waals surface area contributed by atoms with Crippen molar-refractivity contribution >= 4 is 29.6 Å². The fourth-order valence-corrected chi connectivity index (χ4v) is 2.78. The lowest BCUT2D eigenvalue weighted by Crippen LogP contribution is -2.24. The third kappa shape index (κ3) is 5.76. The van der Waals surface area contributed by atoms with Gasteiger partial charge in [-0.15, -0.1) is 0 Å². The number of rotatable bonds is 8. The Hall–Kier alpha value is -2.99. The molecular formula is C21H22ClNO5. The molecule has 0 aliphatic rings. The van der Waals surface area contributed by atoms with Crippen LogP contribution in [0.3, 0.4) is 0 Å². The summed E-state index contributed by atoms with van der Waals surface area (Å²) < 4.78 is 11.5. The zero-order chi connectivity index (χ0) is 20.7. The molecule has 2 rings (SSSR count). The molecule has 0 saturated carbocycles. The van der Waals surface area contributed by atoms with E-state index in [9.17, 15) is 14.7 Å². The third-order valence-electron chi connectivity index (χ3n) is 3.82. The molecule has 0 spiro atoms. The Balaban J connectivity index is 2.36. The summed E-state index contributed by atoms with van der Waals surface area (Å²) in [4.78, 5) is 22.5. The van der Waals surface area contributed by atoms with Crippen molar-refractivity contribution in [3.8, 4) is 11.5 Å². The van der Waals surface area contributed by atoms with Crippen LogP contribution < -0.4 is 14.8 Å². The second kappa shape index (κ2) is 9.80. The number of nitrogens with one attached hydrogen (secondary N) is 1. The van der Waals surface area contributed by atoms with E-state index in [4.69, 9.17) is 21.1 Å². The molecule has 0 atom stereocenters. The van der Waals surface area contributed by atoms with Gasteiger partial charge in [-0.25, -0.2) is 4.79 Å². The molecule has 148 valence electrons. The highest BCUT2D eigenvalue weighted by Gasteiger charge is 2.15. The number of aryl methyl sites for hydroxylation is 1. The molecule has 2 N–H and O–H groups in total. The van der Waals surface area contributed by atoms with Crippen LogP contribution in [0.2, 0.25) is 5.02 Å². The van der Waals surface area contributed by atoms with Gasteiger partial charge in [0, 0.05) is 6.92 Å². The molecule has 0 aliphatic carbocycles. The Morgan fingerprint density at radius 3 is 2.54 bits per heavy atom. The second-order valence-electron chi connectivity index (χ2n) is 6.02. The number of aliphatic carboxylic acids is 1.